The van der Waals surface area contributed by atoms with E-state index in [4.69, 9.17) is 4.42 Å². The minimum Gasteiger partial charge on any atom is -0.451 e. The lowest BCUT2D eigenvalue weighted by Gasteiger charge is -2.06. The van der Waals surface area contributed by atoms with E-state index in [1.54, 1.807) is 6.07 Å². The van der Waals surface area contributed by atoms with Crippen LogP contribution in [0.4, 0.5) is 10.1 Å². The van der Waals surface area contributed by atoms with E-state index < -0.39 is 22.6 Å². The molecule has 0 aliphatic rings. The van der Waals surface area contributed by atoms with E-state index in [0.717, 1.165) is 0 Å². The first-order valence-corrected chi connectivity index (χ1v) is 7.65. The highest BCUT2D eigenvalue weighted by Gasteiger charge is 2.16. The lowest BCUT2D eigenvalue weighted by Crippen LogP contribution is -2.41. The molecule has 3 aromatic rings. The highest BCUT2D eigenvalue weighted by Crippen LogP contribution is 2.24. The molecular formula is C18H12FN3O5. The molecule has 2 amide bonds. The standard InChI is InChI=1S/C18H12FN3O5/c19-14-4-2-1-3-13(14)15-9-10-16(27-15)18(24)21-20-17(23)11-5-7-12(8-6-11)22(25)26/h1-10H,(H,20,23)(H,21,24). The molecule has 136 valence electrons. The van der Waals surface area contributed by atoms with Gasteiger partial charge < -0.3 is 4.42 Å². The summed E-state index contributed by atoms with van der Waals surface area (Å²) in [4.78, 5) is 34.0. The van der Waals surface area contributed by atoms with Gasteiger partial charge >= 0.3 is 5.91 Å². The average Bonchev–Trinajstić information content (AvgIpc) is 3.16. The van der Waals surface area contributed by atoms with Crippen molar-refractivity contribution in [1.29, 1.82) is 0 Å². The first kappa shape index (κ1) is 17.8. The van der Waals surface area contributed by atoms with Gasteiger partial charge in [0.1, 0.15) is 11.6 Å². The molecule has 1 heterocycles. The second-order valence-electron chi connectivity index (χ2n) is 5.36. The van der Waals surface area contributed by atoms with Crippen LogP contribution in [0.15, 0.2) is 65.1 Å². The summed E-state index contributed by atoms with van der Waals surface area (Å²) in [6.45, 7) is 0. The van der Waals surface area contributed by atoms with Crippen molar-refractivity contribution in [2.45, 2.75) is 0 Å². The number of carbonyl (C=O) groups excluding carboxylic acids is 2. The summed E-state index contributed by atoms with van der Waals surface area (Å²) >= 11 is 0. The molecule has 3 rings (SSSR count). The number of hydrogen-bond donors (Lipinski definition) is 2. The maximum absolute atomic E-state index is 13.7. The zero-order valence-corrected chi connectivity index (χ0v) is 13.6. The monoisotopic (exact) mass is 369 g/mol. The number of non-ortho nitro benzene ring substituents is 1. The number of hydrogen-bond acceptors (Lipinski definition) is 5. The van der Waals surface area contributed by atoms with Crippen LogP contribution in [0, 0.1) is 15.9 Å². The highest BCUT2D eigenvalue weighted by molar-refractivity contribution is 5.98. The summed E-state index contributed by atoms with van der Waals surface area (Å²) < 4.78 is 19.1. The fourth-order valence-corrected chi connectivity index (χ4v) is 2.25. The zero-order chi connectivity index (χ0) is 19.4. The van der Waals surface area contributed by atoms with Crippen molar-refractivity contribution < 1.29 is 23.3 Å². The topological polar surface area (TPSA) is 114 Å². The summed E-state index contributed by atoms with van der Waals surface area (Å²) in [6.07, 6.45) is 0. The van der Waals surface area contributed by atoms with Gasteiger partial charge in [-0.3, -0.25) is 30.6 Å². The Morgan fingerprint density at radius 1 is 0.926 bits per heavy atom. The van der Waals surface area contributed by atoms with E-state index in [2.05, 4.69) is 10.9 Å². The number of amides is 2. The van der Waals surface area contributed by atoms with Crippen molar-refractivity contribution in [3.63, 3.8) is 0 Å². The van der Waals surface area contributed by atoms with Gasteiger partial charge in [0.05, 0.1) is 10.5 Å². The molecule has 27 heavy (non-hydrogen) atoms. The first-order chi connectivity index (χ1) is 13.0. The van der Waals surface area contributed by atoms with E-state index in [9.17, 15) is 24.1 Å². The molecule has 0 fully saturated rings. The van der Waals surface area contributed by atoms with Gasteiger partial charge in [-0.25, -0.2) is 4.39 Å². The van der Waals surface area contributed by atoms with Gasteiger partial charge in [-0.1, -0.05) is 12.1 Å². The number of rotatable bonds is 4. The SMILES string of the molecule is O=C(NNC(=O)c1ccc(-c2ccccc2F)o1)c1ccc([N+](=O)[O-])cc1. The van der Waals surface area contributed by atoms with E-state index in [0.29, 0.717) is 0 Å². The van der Waals surface area contributed by atoms with Crippen molar-refractivity contribution in [3.8, 4) is 11.3 Å². The number of benzene rings is 2. The maximum Gasteiger partial charge on any atom is 0.305 e. The highest BCUT2D eigenvalue weighted by atomic mass is 19.1. The van der Waals surface area contributed by atoms with E-state index in [-0.39, 0.29) is 28.3 Å². The van der Waals surface area contributed by atoms with E-state index in [1.807, 2.05) is 0 Å². The fourth-order valence-electron chi connectivity index (χ4n) is 2.25. The number of halogens is 1. The molecule has 0 radical (unpaired) electrons. The minimum atomic E-state index is -0.743. The fraction of sp³-hybridized carbons (Fsp3) is 0. The normalized spacial score (nSPS) is 10.3. The third kappa shape index (κ3) is 3.98. The minimum absolute atomic E-state index is 0.118. The number of nitrogens with zero attached hydrogens (tertiary/aromatic N) is 1. The Balaban J connectivity index is 1.63. The third-order valence-electron chi connectivity index (χ3n) is 3.60. The second-order valence-corrected chi connectivity index (χ2v) is 5.36. The molecular weight excluding hydrogens is 357 g/mol. The Morgan fingerprint density at radius 2 is 1.59 bits per heavy atom. The van der Waals surface area contributed by atoms with Gasteiger partial charge in [0.2, 0.25) is 0 Å². The molecule has 9 heteroatoms. The molecule has 0 atom stereocenters. The van der Waals surface area contributed by atoms with Crippen molar-refractivity contribution in [1.82, 2.24) is 10.9 Å². The van der Waals surface area contributed by atoms with Gasteiger partial charge in [0, 0.05) is 17.7 Å². The van der Waals surface area contributed by atoms with Crippen molar-refractivity contribution in [2.75, 3.05) is 0 Å². The lowest BCUT2D eigenvalue weighted by molar-refractivity contribution is -0.384. The zero-order valence-electron chi connectivity index (χ0n) is 13.6. The summed E-state index contributed by atoms with van der Waals surface area (Å²) in [5.74, 6) is -1.87. The smallest absolute Gasteiger partial charge is 0.305 e. The predicted molar refractivity (Wildman–Crippen MR) is 92.1 cm³/mol. The lowest BCUT2D eigenvalue weighted by atomic mass is 10.1. The number of nitro groups is 1. The van der Waals surface area contributed by atoms with Crippen LogP contribution in [0.2, 0.25) is 0 Å². The molecule has 8 nitrogen and oxygen atoms in total. The van der Waals surface area contributed by atoms with Crippen LogP contribution in [-0.2, 0) is 0 Å². The number of carbonyl (C=O) groups is 2. The van der Waals surface area contributed by atoms with Crippen molar-refractivity contribution in [3.05, 3.63) is 87.9 Å². The molecule has 0 unspecified atom stereocenters. The van der Waals surface area contributed by atoms with E-state index in [1.165, 1.54) is 54.6 Å². The molecule has 0 bridgehead atoms. The first-order valence-electron chi connectivity index (χ1n) is 7.65. The summed E-state index contributed by atoms with van der Waals surface area (Å²) in [5, 5.41) is 10.6. The number of furan rings is 1. The molecule has 0 saturated heterocycles. The Kier molecular flexibility index (Phi) is 4.93. The Hall–Kier alpha value is -4.01. The van der Waals surface area contributed by atoms with Crippen molar-refractivity contribution >= 4 is 17.5 Å². The Labute approximate surface area is 151 Å². The van der Waals surface area contributed by atoms with Crippen molar-refractivity contribution in [2.24, 2.45) is 0 Å². The summed E-state index contributed by atoms with van der Waals surface area (Å²) in [6, 6.07) is 13.6. The van der Waals surface area contributed by atoms with Gasteiger partial charge in [-0.2, -0.15) is 0 Å². The third-order valence-corrected chi connectivity index (χ3v) is 3.60. The largest absolute Gasteiger partial charge is 0.451 e. The quantitative estimate of drug-likeness (QED) is 0.542. The van der Waals surface area contributed by atoms with Crippen LogP contribution < -0.4 is 10.9 Å². The van der Waals surface area contributed by atoms with Crippen LogP contribution in [0.5, 0.6) is 0 Å². The van der Waals surface area contributed by atoms with Gasteiger partial charge in [0.15, 0.2) is 5.76 Å². The molecule has 2 aromatic carbocycles. The molecule has 2 N–H and O–H groups in total. The number of nitrogens with one attached hydrogen (secondary N) is 2. The number of nitro benzene ring substituents is 1. The molecule has 0 aliphatic heterocycles. The molecule has 0 aliphatic carbocycles. The predicted octanol–water partition coefficient (Wildman–Crippen LogP) is 3.07. The molecule has 0 saturated carbocycles. The van der Waals surface area contributed by atoms with Gasteiger partial charge in [0.25, 0.3) is 11.6 Å². The second kappa shape index (κ2) is 7.48. The summed E-state index contributed by atoms with van der Waals surface area (Å²) in [7, 11) is 0. The van der Waals surface area contributed by atoms with Gasteiger partial charge in [-0.05, 0) is 36.4 Å². The number of hydrazine groups is 1. The van der Waals surface area contributed by atoms with Crippen LogP contribution in [0.25, 0.3) is 11.3 Å². The van der Waals surface area contributed by atoms with Crippen LogP contribution in [0.3, 0.4) is 0 Å². The Morgan fingerprint density at radius 3 is 2.26 bits per heavy atom. The van der Waals surface area contributed by atoms with E-state index >= 15 is 0 Å². The maximum atomic E-state index is 13.7. The summed E-state index contributed by atoms with van der Waals surface area (Å²) in [5.41, 5.74) is 4.48. The van der Waals surface area contributed by atoms with Crippen LogP contribution in [-0.4, -0.2) is 16.7 Å². The Bertz CT molecular complexity index is 1010. The van der Waals surface area contributed by atoms with Gasteiger partial charge in [-0.15, -0.1) is 0 Å². The molecule has 0 spiro atoms. The molecule has 1 aromatic heterocycles. The van der Waals surface area contributed by atoms with Crippen LogP contribution >= 0.6 is 0 Å². The van der Waals surface area contributed by atoms with Crippen LogP contribution in [0.1, 0.15) is 20.9 Å². The average molecular weight is 369 g/mol.